The molecule has 1 aromatic heterocycles. The van der Waals surface area contributed by atoms with E-state index in [0.717, 1.165) is 23.2 Å². The van der Waals surface area contributed by atoms with E-state index < -0.39 is 0 Å². The molecule has 1 heterocycles. The first-order valence-corrected chi connectivity index (χ1v) is 9.23. The van der Waals surface area contributed by atoms with Gasteiger partial charge < -0.3 is 5.32 Å². The van der Waals surface area contributed by atoms with E-state index >= 15 is 0 Å². The molecule has 126 valence electrons. The van der Waals surface area contributed by atoms with Crippen molar-refractivity contribution in [2.75, 3.05) is 17.2 Å². The summed E-state index contributed by atoms with van der Waals surface area (Å²) in [4.78, 5) is 11.9. The van der Waals surface area contributed by atoms with Gasteiger partial charge in [-0.3, -0.25) is 10.1 Å². The van der Waals surface area contributed by atoms with Crippen molar-refractivity contribution in [2.24, 2.45) is 5.92 Å². The van der Waals surface area contributed by atoms with Crippen molar-refractivity contribution in [1.82, 2.24) is 10.2 Å². The molecule has 0 saturated heterocycles. The zero-order valence-corrected chi connectivity index (χ0v) is 14.4. The van der Waals surface area contributed by atoms with E-state index in [-0.39, 0.29) is 5.91 Å². The van der Waals surface area contributed by atoms with E-state index in [1.165, 1.54) is 49.5 Å². The van der Waals surface area contributed by atoms with Gasteiger partial charge in [0.2, 0.25) is 16.2 Å². The van der Waals surface area contributed by atoms with E-state index in [1.807, 2.05) is 30.3 Å². The Kier molecular flexibility index (Phi) is 5.96. The van der Waals surface area contributed by atoms with Crippen LogP contribution in [0, 0.1) is 5.92 Å². The van der Waals surface area contributed by atoms with Crippen molar-refractivity contribution in [2.45, 2.75) is 32.1 Å². The highest BCUT2D eigenvalue weighted by atomic mass is 32.1. The van der Waals surface area contributed by atoms with E-state index in [0.29, 0.717) is 5.13 Å². The van der Waals surface area contributed by atoms with Gasteiger partial charge in [0.1, 0.15) is 0 Å². The SMILES string of the molecule is O=C(C=Cc1ccccc1)Nc1nnc(NCC2CCCCC2)s1. The number of rotatable bonds is 6. The van der Waals surface area contributed by atoms with Crippen LogP contribution in [0.3, 0.4) is 0 Å². The first-order chi connectivity index (χ1) is 11.8. The zero-order valence-electron chi connectivity index (χ0n) is 13.6. The third-order valence-corrected chi connectivity index (χ3v) is 4.94. The summed E-state index contributed by atoms with van der Waals surface area (Å²) in [5.41, 5.74) is 0.986. The lowest BCUT2D eigenvalue weighted by atomic mass is 9.89. The summed E-state index contributed by atoms with van der Waals surface area (Å²) in [5, 5.41) is 15.5. The average molecular weight is 342 g/mol. The average Bonchev–Trinajstić information content (AvgIpc) is 3.07. The molecular weight excluding hydrogens is 320 g/mol. The van der Waals surface area contributed by atoms with Crippen LogP contribution in [0.4, 0.5) is 10.3 Å². The van der Waals surface area contributed by atoms with Crippen LogP contribution in [0.25, 0.3) is 6.08 Å². The molecule has 1 aliphatic rings. The smallest absolute Gasteiger partial charge is 0.250 e. The molecule has 1 aliphatic carbocycles. The minimum atomic E-state index is -0.200. The van der Waals surface area contributed by atoms with Crippen molar-refractivity contribution in [3.8, 4) is 0 Å². The molecule has 1 fully saturated rings. The molecule has 2 N–H and O–H groups in total. The highest BCUT2D eigenvalue weighted by molar-refractivity contribution is 7.19. The van der Waals surface area contributed by atoms with Gasteiger partial charge in [-0.1, -0.05) is 60.9 Å². The second-order valence-corrected chi connectivity index (χ2v) is 7.01. The van der Waals surface area contributed by atoms with Crippen molar-refractivity contribution in [3.05, 3.63) is 42.0 Å². The fourth-order valence-corrected chi connectivity index (χ4v) is 3.50. The van der Waals surface area contributed by atoms with Crippen molar-refractivity contribution in [3.63, 3.8) is 0 Å². The third-order valence-electron chi connectivity index (χ3n) is 4.15. The predicted octanol–water partition coefficient (Wildman–Crippen LogP) is 4.18. The summed E-state index contributed by atoms with van der Waals surface area (Å²) in [6.45, 7) is 0.941. The van der Waals surface area contributed by atoms with Gasteiger partial charge in [-0.15, -0.1) is 10.2 Å². The van der Waals surface area contributed by atoms with Gasteiger partial charge in [-0.25, -0.2) is 0 Å². The number of benzene rings is 1. The Balaban J connectivity index is 1.46. The highest BCUT2D eigenvalue weighted by Crippen LogP contribution is 2.25. The van der Waals surface area contributed by atoms with E-state index in [2.05, 4.69) is 20.8 Å². The topological polar surface area (TPSA) is 66.9 Å². The van der Waals surface area contributed by atoms with Crippen molar-refractivity contribution in [1.29, 1.82) is 0 Å². The van der Waals surface area contributed by atoms with Crippen LogP contribution in [-0.4, -0.2) is 22.6 Å². The summed E-state index contributed by atoms with van der Waals surface area (Å²) in [6, 6.07) is 9.71. The van der Waals surface area contributed by atoms with Crippen molar-refractivity contribution >= 4 is 33.6 Å². The second-order valence-electron chi connectivity index (χ2n) is 6.03. The number of amides is 1. The van der Waals surface area contributed by atoms with Crippen molar-refractivity contribution < 1.29 is 4.79 Å². The molecular formula is C18H22N4OS. The second kappa shape index (κ2) is 8.59. The molecule has 0 bridgehead atoms. The summed E-state index contributed by atoms with van der Waals surface area (Å²) >= 11 is 1.37. The molecule has 0 unspecified atom stereocenters. The lowest BCUT2D eigenvalue weighted by Gasteiger charge is -2.21. The van der Waals surface area contributed by atoms with Crippen LogP contribution < -0.4 is 10.6 Å². The van der Waals surface area contributed by atoms with Gasteiger partial charge in [-0.2, -0.15) is 0 Å². The number of carbonyl (C=O) groups excluding carboxylic acids is 1. The molecule has 1 saturated carbocycles. The minimum Gasteiger partial charge on any atom is -0.360 e. The number of nitrogens with one attached hydrogen (secondary N) is 2. The van der Waals surface area contributed by atoms with Gasteiger partial charge in [0.25, 0.3) is 0 Å². The Morgan fingerprint density at radius 1 is 1.12 bits per heavy atom. The Hall–Kier alpha value is -2.21. The standard InChI is InChI=1S/C18H22N4OS/c23-16(12-11-14-7-3-1-4-8-14)20-18-22-21-17(24-18)19-13-15-9-5-2-6-10-15/h1,3-4,7-8,11-12,15H,2,5-6,9-10,13H2,(H,19,21)(H,20,22,23). The molecule has 0 atom stereocenters. The van der Waals surface area contributed by atoms with Crippen LogP contribution in [0.1, 0.15) is 37.7 Å². The molecule has 0 radical (unpaired) electrons. The minimum absolute atomic E-state index is 0.200. The van der Waals surface area contributed by atoms with E-state index in [1.54, 1.807) is 6.08 Å². The number of hydrogen-bond acceptors (Lipinski definition) is 5. The molecule has 1 aromatic carbocycles. The summed E-state index contributed by atoms with van der Waals surface area (Å²) < 4.78 is 0. The van der Waals surface area contributed by atoms with E-state index in [9.17, 15) is 4.79 Å². The molecule has 5 nitrogen and oxygen atoms in total. The van der Waals surface area contributed by atoms with Crippen LogP contribution in [0.15, 0.2) is 36.4 Å². The van der Waals surface area contributed by atoms with Crippen LogP contribution >= 0.6 is 11.3 Å². The van der Waals surface area contributed by atoms with Gasteiger partial charge in [0.05, 0.1) is 0 Å². The van der Waals surface area contributed by atoms with Gasteiger partial charge in [-0.05, 0) is 30.4 Å². The zero-order chi connectivity index (χ0) is 16.6. The first kappa shape index (κ1) is 16.6. The quantitative estimate of drug-likeness (QED) is 0.773. The number of anilines is 2. The molecule has 0 aliphatic heterocycles. The Morgan fingerprint density at radius 2 is 1.88 bits per heavy atom. The summed E-state index contributed by atoms with van der Waals surface area (Å²) in [7, 11) is 0. The fraction of sp³-hybridized carbons (Fsp3) is 0.389. The Bertz CT molecular complexity index is 677. The lowest BCUT2D eigenvalue weighted by Crippen LogP contribution is -2.16. The Labute approximate surface area is 146 Å². The van der Waals surface area contributed by atoms with E-state index in [4.69, 9.17) is 0 Å². The number of hydrogen-bond donors (Lipinski definition) is 2. The number of nitrogens with zero attached hydrogens (tertiary/aromatic N) is 2. The maximum absolute atomic E-state index is 11.9. The molecule has 3 rings (SSSR count). The number of carbonyl (C=O) groups is 1. The molecule has 6 heteroatoms. The fourth-order valence-electron chi connectivity index (χ4n) is 2.85. The first-order valence-electron chi connectivity index (χ1n) is 8.41. The summed E-state index contributed by atoms with van der Waals surface area (Å²) in [5.74, 6) is 0.531. The van der Waals surface area contributed by atoms with Crippen LogP contribution in [0.5, 0.6) is 0 Å². The number of aromatic nitrogens is 2. The third kappa shape index (κ3) is 5.16. The maximum Gasteiger partial charge on any atom is 0.250 e. The monoisotopic (exact) mass is 342 g/mol. The largest absolute Gasteiger partial charge is 0.360 e. The van der Waals surface area contributed by atoms with Gasteiger partial charge in [0, 0.05) is 12.6 Å². The van der Waals surface area contributed by atoms with Crippen LogP contribution in [0.2, 0.25) is 0 Å². The molecule has 24 heavy (non-hydrogen) atoms. The Morgan fingerprint density at radius 3 is 2.67 bits per heavy atom. The predicted molar refractivity (Wildman–Crippen MR) is 99.1 cm³/mol. The van der Waals surface area contributed by atoms with Gasteiger partial charge in [0.15, 0.2) is 0 Å². The molecule has 1 amide bonds. The van der Waals surface area contributed by atoms with Crippen LogP contribution in [-0.2, 0) is 4.79 Å². The normalized spacial score (nSPS) is 15.5. The molecule has 0 spiro atoms. The lowest BCUT2D eigenvalue weighted by molar-refractivity contribution is -0.111. The highest BCUT2D eigenvalue weighted by Gasteiger charge is 2.14. The molecule has 2 aromatic rings. The van der Waals surface area contributed by atoms with Gasteiger partial charge >= 0.3 is 0 Å². The summed E-state index contributed by atoms with van der Waals surface area (Å²) in [6.07, 6.45) is 9.89. The maximum atomic E-state index is 11.9.